The molecule has 0 saturated carbocycles. The highest BCUT2D eigenvalue weighted by Gasteiger charge is 2.21. The van der Waals surface area contributed by atoms with E-state index in [-0.39, 0.29) is 11.5 Å². The lowest BCUT2D eigenvalue weighted by atomic mass is 10.2. The van der Waals surface area contributed by atoms with Crippen molar-refractivity contribution in [3.8, 4) is 5.75 Å². The number of hydrogen-bond donors (Lipinski definition) is 1. The highest BCUT2D eigenvalue weighted by atomic mass is 35.5. The summed E-state index contributed by atoms with van der Waals surface area (Å²) in [6.07, 6.45) is 0.573. The van der Waals surface area contributed by atoms with Gasteiger partial charge in [0.25, 0.3) is 5.56 Å². The zero-order valence-electron chi connectivity index (χ0n) is 15.7. The monoisotopic (exact) mass is 417 g/mol. The molecule has 1 amide bonds. The first-order valence-electron chi connectivity index (χ1n) is 8.71. The molecule has 1 heterocycles. The number of anilines is 1. The van der Waals surface area contributed by atoms with Gasteiger partial charge in [0.1, 0.15) is 5.75 Å². The molecule has 0 aliphatic carbocycles. The smallest absolute Gasteiger partial charge is 0.261 e. The second kappa shape index (κ2) is 8.67. The molecule has 146 valence electrons. The van der Waals surface area contributed by atoms with Gasteiger partial charge in [0, 0.05) is 12.7 Å². The second-order valence-electron chi connectivity index (χ2n) is 6.13. The summed E-state index contributed by atoms with van der Waals surface area (Å²) < 4.78 is 6.60. The molecule has 0 spiro atoms. The maximum absolute atomic E-state index is 12.8. The molecule has 0 aliphatic rings. The van der Waals surface area contributed by atoms with Crippen LogP contribution in [-0.4, -0.2) is 27.8 Å². The number of hydrogen-bond acceptors (Lipinski definition) is 5. The third-order valence-electron chi connectivity index (χ3n) is 4.27. The van der Waals surface area contributed by atoms with Crippen LogP contribution in [0.15, 0.2) is 52.4 Å². The number of nitrogens with one attached hydrogen (secondary N) is 1. The van der Waals surface area contributed by atoms with Crippen molar-refractivity contribution in [2.75, 3.05) is 12.4 Å². The van der Waals surface area contributed by atoms with Gasteiger partial charge in [-0.2, -0.15) is 0 Å². The number of thioether (sulfide) groups is 1. The van der Waals surface area contributed by atoms with Crippen molar-refractivity contribution in [3.63, 3.8) is 0 Å². The van der Waals surface area contributed by atoms with Crippen LogP contribution in [0.5, 0.6) is 5.75 Å². The molecular formula is C20H20ClN3O3S. The minimum atomic E-state index is -0.417. The summed E-state index contributed by atoms with van der Waals surface area (Å²) in [6.45, 7) is 1.91. The van der Waals surface area contributed by atoms with Gasteiger partial charge in [-0.3, -0.25) is 14.2 Å². The van der Waals surface area contributed by atoms with Crippen LogP contribution in [0.4, 0.5) is 5.69 Å². The van der Waals surface area contributed by atoms with Gasteiger partial charge in [0.15, 0.2) is 5.16 Å². The molecule has 0 aliphatic heterocycles. The number of rotatable bonds is 6. The fourth-order valence-corrected chi connectivity index (χ4v) is 3.96. The van der Waals surface area contributed by atoms with E-state index in [4.69, 9.17) is 16.3 Å². The minimum Gasteiger partial charge on any atom is -0.495 e. The molecule has 6 nitrogen and oxygen atoms in total. The van der Waals surface area contributed by atoms with E-state index in [0.29, 0.717) is 38.9 Å². The molecule has 8 heteroatoms. The third-order valence-corrected chi connectivity index (χ3v) is 5.98. The van der Waals surface area contributed by atoms with Crippen LogP contribution >= 0.6 is 23.4 Å². The number of aromatic nitrogens is 2. The first-order chi connectivity index (χ1) is 13.4. The fourth-order valence-electron chi connectivity index (χ4n) is 2.72. The molecule has 3 rings (SSSR count). The lowest BCUT2D eigenvalue weighted by Crippen LogP contribution is -2.27. The zero-order chi connectivity index (χ0) is 20.3. The molecule has 1 aromatic heterocycles. The van der Waals surface area contributed by atoms with Crippen LogP contribution in [-0.2, 0) is 11.8 Å². The molecule has 1 N–H and O–H groups in total. The fraction of sp³-hybridized carbons (Fsp3) is 0.250. The van der Waals surface area contributed by atoms with Crippen molar-refractivity contribution in [3.05, 3.63) is 57.8 Å². The van der Waals surface area contributed by atoms with E-state index in [9.17, 15) is 9.59 Å². The molecule has 28 heavy (non-hydrogen) atoms. The van der Waals surface area contributed by atoms with E-state index in [0.717, 1.165) is 0 Å². The standard InChI is InChI=1S/C20H20ClN3O3S/c1-4-17(18(25)22-12-9-10-16(27-3)14(21)11-12)28-20-23-15-8-6-5-7-13(15)19(26)24(20)2/h5-11,17H,4H2,1-3H3,(H,22,25). The van der Waals surface area contributed by atoms with Crippen LogP contribution in [0.25, 0.3) is 10.9 Å². The Morgan fingerprint density at radius 1 is 1.32 bits per heavy atom. The average molecular weight is 418 g/mol. The minimum absolute atomic E-state index is 0.134. The average Bonchev–Trinajstić information content (AvgIpc) is 2.69. The van der Waals surface area contributed by atoms with E-state index in [1.54, 1.807) is 43.4 Å². The van der Waals surface area contributed by atoms with Gasteiger partial charge in [0.05, 0.1) is 28.3 Å². The van der Waals surface area contributed by atoms with Crippen molar-refractivity contribution in [2.24, 2.45) is 7.05 Å². The Bertz CT molecular complexity index is 1080. The molecule has 3 aromatic rings. The van der Waals surface area contributed by atoms with Gasteiger partial charge in [-0.1, -0.05) is 42.4 Å². The quantitative estimate of drug-likeness (QED) is 0.482. The lowest BCUT2D eigenvalue weighted by molar-refractivity contribution is -0.115. The number of ether oxygens (including phenoxy) is 1. The topological polar surface area (TPSA) is 73.2 Å². The number of methoxy groups -OCH3 is 1. The summed E-state index contributed by atoms with van der Waals surface area (Å²) in [5.74, 6) is 0.354. The van der Waals surface area contributed by atoms with Gasteiger partial charge >= 0.3 is 0 Å². The Labute approximate surface area is 171 Å². The number of halogens is 1. The predicted octanol–water partition coefficient (Wildman–Crippen LogP) is 4.10. The Hall–Kier alpha value is -2.51. The van der Waals surface area contributed by atoms with Crippen LogP contribution in [0, 0.1) is 0 Å². The summed E-state index contributed by atoms with van der Waals surface area (Å²) >= 11 is 7.39. The maximum Gasteiger partial charge on any atom is 0.261 e. The molecule has 2 aromatic carbocycles. The zero-order valence-corrected chi connectivity index (χ0v) is 17.3. The number of benzene rings is 2. The number of para-hydroxylation sites is 1. The Morgan fingerprint density at radius 3 is 2.75 bits per heavy atom. The number of amides is 1. The van der Waals surface area contributed by atoms with E-state index in [2.05, 4.69) is 10.3 Å². The van der Waals surface area contributed by atoms with Crippen LogP contribution < -0.4 is 15.6 Å². The van der Waals surface area contributed by atoms with E-state index >= 15 is 0 Å². The summed E-state index contributed by atoms with van der Waals surface area (Å²) in [5, 5.41) is 3.92. The molecule has 0 bridgehead atoms. The number of carbonyl (C=O) groups is 1. The van der Waals surface area contributed by atoms with Crippen molar-refractivity contribution in [1.29, 1.82) is 0 Å². The van der Waals surface area contributed by atoms with Crippen LogP contribution in [0.2, 0.25) is 5.02 Å². The normalized spacial score (nSPS) is 12.0. The molecule has 1 unspecified atom stereocenters. The van der Waals surface area contributed by atoms with Crippen molar-refractivity contribution in [1.82, 2.24) is 9.55 Å². The van der Waals surface area contributed by atoms with E-state index < -0.39 is 5.25 Å². The summed E-state index contributed by atoms with van der Waals surface area (Å²) in [4.78, 5) is 29.9. The maximum atomic E-state index is 12.8. The lowest BCUT2D eigenvalue weighted by Gasteiger charge is -2.16. The predicted molar refractivity (Wildman–Crippen MR) is 114 cm³/mol. The Morgan fingerprint density at radius 2 is 2.07 bits per heavy atom. The van der Waals surface area contributed by atoms with E-state index in [1.807, 2.05) is 13.0 Å². The van der Waals surface area contributed by atoms with E-state index in [1.165, 1.54) is 23.4 Å². The van der Waals surface area contributed by atoms with Crippen molar-refractivity contribution < 1.29 is 9.53 Å². The molecule has 0 radical (unpaired) electrons. The van der Waals surface area contributed by atoms with Crippen LogP contribution in [0.1, 0.15) is 13.3 Å². The highest BCUT2D eigenvalue weighted by Crippen LogP contribution is 2.29. The van der Waals surface area contributed by atoms with Crippen molar-refractivity contribution >= 4 is 45.9 Å². The largest absolute Gasteiger partial charge is 0.495 e. The van der Waals surface area contributed by atoms with Gasteiger partial charge in [0.2, 0.25) is 5.91 Å². The molecule has 0 saturated heterocycles. The van der Waals surface area contributed by atoms with Gasteiger partial charge in [-0.05, 0) is 36.8 Å². The summed E-state index contributed by atoms with van der Waals surface area (Å²) in [7, 11) is 3.20. The molecule has 1 atom stereocenters. The Kier molecular flexibility index (Phi) is 6.26. The number of nitrogens with zero attached hydrogens (tertiary/aromatic N) is 2. The first kappa shape index (κ1) is 20.2. The van der Waals surface area contributed by atoms with Crippen molar-refractivity contribution in [2.45, 2.75) is 23.8 Å². The summed E-state index contributed by atoms with van der Waals surface area (Å²) in [5.41, 5.74) is 1.06. The first-order valence-corrected chi connectivity index (χ1v) is 9.97. The highest BCUT2D eigenvalue weighted by molar-refractivity contribution is 8.00. The van der Waals surface area contributed by atoms with Gasteiger partial charge in [-0.25, -0.2) is 4.98 Å². The number of fused-ring (bicyclic) bond motifs is 1. The SMILES string of the molecule is CCC(Sc1nc2ccccc2c(=O)n1C)C(=O)Nc1ccc(OC)c(Cl)c1. The van der Waals surface area contributed by atoms with Gasteiger partial charge < -0.3 is 10.1 Å². The number of carbonyl (C=O) groups excluding carboxylic acids is 1. The third kappa shape index (κ3) is 4.15. The van der Waals surface area contributed by atoms with Crippen LogP contribution in [0.3, 0.4) is 0 Å². The molecular weight excluding hydrogens is 398 g/mol. The second-order valence-corrected chi connectivity index (χ2v) is 7.71. The Balaban J connectivity index is 1.83. The molecule has 0 fully saturated rings. The van der Waals surface area contributed by atoms with Gasteiger partial charge in [-0.15, -0.1) is 0 Å². The summed E-state index contributed by atoms with van der Waals surface area (Å²) in [6, 6.07) is 12.2.